The highest BCUT2D eigenvalue weighted by Gasteiger charge is 2.09. The summed E-state index contributed by atoms with van der Waals surface area (Å²) >= 11 is 0. The molecule has 16 heavy (non-hydrogen) atoms. The van der Waals surface area contributed by atoms with Gasteiger partial charge < -0.3 is 9.73 Å². The van der Waals surface area contributed by atoms with E-state index in [1.165, 1.54) is 25.7 Å². The van der Waals surface area contributed by atoms with Gasteiger partial charge in [-0.3, -0.25) is 4.79 Å². The van der Waals surface area contributed by atoms with Gasteiger partial charge in [-0.15, -0.1) is 0 Å². The van der Waals surface area contributed by atoms with Crippen molar-refractivity contribution in [3.8, 4) is 0 Å². The van der Waals surface area contributed by atoms with Crippen LogP contribution in [0.5, 0.6) is 0 Å². The van der Waals surface area contributed by atoms with E-state index in [1.807, 2.05) is 0 Å². The molecule has 1 N–H and O–H groups in total. The molecule has 90 valence electrons. The fourth-order valence-corrected chi connectivity index (χ4v) is 1.65. The minimum atomic E-state index is -0.0262. The maximum Gasteiger partial charge on any atom is 0.254 e. The Kier molecular flexibility index (Phi) is 5.68. The zero-order valence-corrected chi connectivity index (χ0v) is 10.2. The first-order valence-electron chi connectivity index (χ1n) is 6.08. The van der Waals surface area contributed by atoms with Gasteiger partial charge in [-0.2, -0.15) is 0 Å². The minimum Gasteiger partial charge on any atom is -0.469 e. The van der Waals surface area contributed by atoms with Crippen LogP contribution in [-0.4, -0.2) is 12.5 Å². The lowest BCUT2D eigenvalue weighted by molar-refractivity contribution is 0.0951. The zero-order valence-electron chi connectivity index (χ0n) is 10.2. The number of furan rings is 1. The number of hydrogen-bond donors (Lipinski definition) is 1. The number of rotatable bonds is 7. The van der Waals surface area contributed by atoms with Crippen molar-refractivity contribution in [2.45, 2.75) is 46.0 Å². The van der Waals surface area contributed by atoms with Crippen LogP contribution in [0.4, 0.5) is 0 Å². The Labute approximate surface area is 97.2 Å². The molecule has 1 rings (SSSR count). The van der Waals surface area contributed by atoms with Crippen LogP contribution < -0.4 is 5.32 Å². The van der Waals surface area contributed by atoms with E-state index in [2.05, 4.69) is 12.2 Å². The molecule has 0 atom stereocenters. The Morgan fingerprint density at radius 1 is 1.31 bits per heavy atom. The molecule has 1 aromatic heterocycles. The number of carbonyl (C=O) groups excluding carboxylic acids is 1. The summed E-state index contributed by atoms with van der Waals surface area (Å²) in [5.74, 6) is 0.658. The maximum atomic E-state index is 11.6. The van der Waals surface area contributed by atoms with Crippen LogP contribution in [0.25, 0.3) is 0 Å². The van der Waals surface area contributed by atoms with Crippen molar-refractivity contribution in [2.75, 3.05) is 6.54 Å². The zero-order chi connectivity index (χ0) is 11.8. The van der Waals surface area contributed by atoms with E-state index in [9.17, 15) is 4.79 Å². The molecule has 0 aliphatic rings. The van der Waals surface area contributed by atoms with Gasteiger partial charge in [0.05, 0.1) is 11.8 Å². The molecule has 1 aromatic rings. The number of unbranched alkanes of at least 4 members (excludes halogenated alkanes) is 4. The Morgan fingerprint density at radius 3 is 2.69 bits per heavy atom. The molecular weight excluding hydrogens is 202 g/mol. The van der Waals surface area contributed by atoms with Crippen molar-refractivity contribution in [1.82, 2.24) is 5.32 Å². The summed E-state index contributed by atoms with van der Waals surface area (Å²) in [5, 5.41) is 2.90. The minimum absolute atomic E-state index is 0.0262. The van der Waals surface area contributed by atoms with E-state index in [-0.39, 0.29) is 5.91 Å². The average Bonchev–Trinajstić information content (AvgIpc) is 2.69. The second-order valence-corrected chi connectivity index (χ2v) is 4.06. The van der Waals surface area contributed by atoms with Gasteiger partial charge in [-0.1, -0.05) is 32.6 Å². The van der Waals surface area contributed by atoms with Crippen molar-refractivity contribution in [1.29, 1.82) is 0 Å². The molecule has 0 saturated heterocycles. The monoisotopic (exact) mass is 223 g/mol. The number of aryl methyl sites for hydroxylation is 1. The van der Waals surface area contributed by atoms with Gasteiger partial charge in [0.15, 0.2) is 0 Å². The van der Waals surface area contributed by atoms with E-state index >= 15 is 0 Å². The molecule has 0 aliphatic carbocycles. The van der Waals surface area contributed by atoms with Crippen LogP contribution in [0.15, 0.2) is 16.7 Å². The summed E-state index contributed by atoms with van der Waals surface area (Å²) in [6, 6.07) is 1.71. The Morgan fingerprint density at radius 2 is 2.06 bits per heavy atom. The maximum absolute atomic E-state index is 11.6. The third-order valence-corrected chi connectivity index (χ3v) is 2.67. The van der Waals surface area contributed by atoms with Crippen molar-refractivity contribution in [3.05, 3.63) is 23.7 Å². The first-order valence-corrected chi connectivity index (χ1v) is 6.08. The Bertz CT molecular complexity index is 317. The molecular formula is C13H21NO2. The summed E-state index contributed by atoms with van der Waals surface area (Å²) in [6.07, 6.45) is 7.60. The van der Waals surface area contributed by atoms with Crippen LogP contribution >= 0.6 is 0 Å². The topological polar surface area (TPSA) is 42.2 Å². The van der Waals surface area contributed by atoms with Gasteiger partial charge in [0.25, 0.3) is 5.91 Å². The first kappa shape index (κ1) is 12.8. The predicted molar refractivity (Wildman–Crippen MR) is 64.5 cm³/mol. The molecule has 0 aromatic carbocycles. The Hall–Kier alpha value is -1.25. The molecule has 1 amide bonds. The van der Waals surface area contributed by atoms with Gasteiger partial charge in [0.2, 0.25) is 0 Å². The lowest BCUT2D eigenvalue weighted by Gasteiger charge is -2.03. The van der Waals surface area contributed by atoms with E-state index in [0.29, 0.717) is 11.3 Å². The van der Waals surface area contributed by atoms with Crippen LogP contribution in [0.1, 0.15) is 55.1 Å². The molecule has 0 unspecified atom stereocenters. The first-order chi connectivity index (χ1) is 7.75. The summed E-state index contributed by atoms with van der Waals surface area (Å²) in [5.41, 5.74) is 0.647. The molecule has 0 fully saturated rings. The summed E-state index contributed by atoms with van der Waals surface area (Å²) < 4.78 is 5.08. The highest BCUT2D eigenvalue weighted by Crippen LogP contribution is 2.08. The standard InChI is InChI=1S/C13H21NO2/c1-3-4-5-6-7-9-14-13(15)12-8-10-16-11(12)2/h8,10H,3-7,9H2,1-2H3,(H,14,15). The van der Waals surface area contributed by atoms with Crippen molar-refractivity contribution in [3.63, 3.8) is 0 Å². The smallest absolute Gasteiger partial charge is 0.254 e. The molecule has 0 aliphatic heterocycles. The lowest BCUT2D eigenvalue weighted by Crippen LogP contribution is -2.24. The van der Waals surface area contributed by atoms with E-state index in [4.69, 9.17) is 4.42 Å². The highest BCUT2D eigenvalue weighted by molar-refractivity contribution is 5.94. The van der Waals surface area contributed by atoms with E-state index in [0.717, 1.165) is 13.0 Å². The molecule has 0 radical (unpaired) electrons. The molecule has 3 heteroatoms. The highest BCUT2D eigenvalue weighted by atomic mass is 16.3. The molecule has 0 saturated carbocycles. The summed E-state index contributed by atoms with van der Waals surface area (Å²) in [4.78, 5) is 11.6. The Balaban J connectivity index is 2.14. The van der Waals surface area contributed by atoms with Crippen molar-refractivity contribution < 1.29 is 9.21 Å². The molecule has 1 heterocycles. The second kappa shape index (κ2) is 7.09. The lowest BCUT2D eigenvalue weighted by atomic mass is 10.1. The predicted octanol–water partition coefficient (Wildman–Crippen LogP) is 3.29. The van der Waals surface area contributed by atoms with Crippen LogP contribution in [-0.2, 0) is 0 Å². The van der Waals surface area contributed by atoms with Gasteiger partial charge in [-0.25, -0.2) is 0 Å². The number of hydrogen-bond acceptors (Lipinski definition) is 2. The van der Waals surface area contributed by atoms with Gasteiger partial charge in [0.1, 0.15) is 5.76 Å². The summed E-state index contributed by atoms with van der Waals surface area (Å²) in [7, 11) is 0. The van der Waals surface area contributed by atoms with Crippen LogP contribution in [0, 0.1) is 6.92 Å². The second-order valence-electron chi connectivity index (χ2n) is 4.06. The van der Waals surface area contributed by atoms with Crippen molar-refractivity contribution >= 4 is 5.91 Å². The SMILES string of the molecule is CCCCCCCNC(=O)c1ccoc1C. The normalized spacial score (nSPS) is 10.4. The van der Waals surface area contributed by atoms with E-state index in [1.54, 1.807) is 19.3 Å². The van der Waals surface area contributed by atoms with Crippen molar-refractivity contribution in [2.24, 2.45) is 0 Å². The number of amides is 1. The fraction of sp³-hybridized carbons (Fsp3) is 0.615. The molecule has 0 bridgehead atoms. The third kappa shape index (κ3) is 4.09. The third-order valence-electron chi connectivity index (χ3n) is 2.67. The molecule has 3 nitrogen and oxygen atoms in total. The van der Waals surface area contributed by atoms with Crippen LogP contribution in [0.3, 0.4) is 0 Å². The number of nitrogens with one attached hydrogen (secondary N) is 1. The largest absolute Gasteiger partial charge is 0.469 e. The van der Waals surface area contributed by atoms with Gasteiger partial charge in [-0.05, 0) is 19.4 Å². The summed E-state index contributed by atoms with van der Waals surface area (Å²) in [6.45, 7) is 4.76. The number of carbonyl (C=O) groups is 1. The average molecular weight is 223 g/mol. The molecule has 0 spiro atoms. The van der Waals surface area contributed by atoms with Gasteiger partial charge >= 0.3 is 0 Å². The quantitative estimate of drug-likeness (QED) is 0.721. The van der Waals surface area contributed by atoms with Crippen LogP contribution in [0.2, 0.25) is 0 Å². The van der Waals surface area contributed by atoms with Gasteiger partial charge in [0, 0.05) is 6.54 Å². The van der Waals surface area contributed by atoms with E-state index < -0.39 is 0 Å². The fourth-order valence-electron chi connectivity index (χ4n) is 1.65.